The first-order valence-electron chi connectivity index (χ1n) is 15.9. The van der Waals surface area contributed by atoms with Gasteiger partial charge < -0.3 is 4.74 Å². The minimum Gasteiger partial charge on any atom is -0.429 e. The second-order valence-corrected chi connectivity index (χ2v) is 16.0. The quantitative estimate of drug-likeness (QED) is 0.281. The van der Waals surface area contributed by atoms with Crippen LogP contribution in [0.1, 0.15) is 105 Å². The molecule has 0 amide bonds. The van der Waals surface area contributed by atoms with Gasteiger partial charge in [0.15, 0.2) is 5.78 Å². The van der Waals surface area contributed by atoms with Gasteiger partial charge in [-0.1, -0.05) is 65.8 Å². The molecule has 216 valence electrons. The molecular weight excluding hydrogens is 492 g/mol. The Morgan fingerprint density at radius 2 is 1.57 bits per heavy atom. The predicted octanol–water partition coefficient (Wildman–Crippen LogP) is 9.07. The highest BCUT2D eigenvalue weighted by atomic mass is 16.5. The predicted molar refractivity (Wildman–Crippen MR) is 162 cm³/mol. The number of hydrogen-bond acceptors (Lipinski definition) is 3. The fourth-order valence-corrected chi connectivity index (χ4v) is 12.1. The Morgan fingerprint density at radius 1 is 0.875 bits per heavy atom. The SMILES string of the molecule is C=C(C)[C@@H]1CC[C@]2(C)CC[C@]3(C)[C@H](CC[C@@H]4[C@@]5(C)C(=O)C=C(c6ccc(OC=O)cc6)C(C)(C)[C@@H]5CC[C@]43C)[C@@H]12. The standard InChI is InChI=1S/C37H50O3/c1-23(2)26-15-17-34(5)19-20-35(6)27(32(26)34)13-14-30-36(35,7)18-16-29-33(3,4)28(21-31(39)37(29,30)8)24-9-11-25(12-10-24)40-22-38/h9-12,21-22,26-27,29-30,32H,1,13-20H2,2-8H3/t26-,27+,29-,30-,32+,34+,35+,36+,37-/m0/s1. The number of hydrogen-bond donors (Lipinski definition) is 0. The second-order valence-electron chi connectivity index (χ2n) is 16.0. The van der Waals surface area contributed by atoms with Crippen molar-refractivity contribution in [2.75, 3.05) is 0 Å². The van der Waals surface area contributed by atoms with Gasteiger partial charge in [0.2, 0.25) is 0 Å². The lowest BCUT2D eigenvalue weighted by atomic mass is 9.32. The van der Waals surface area contributed by atoms with Crippen molar-refractivity contribution >= 4 is 17.8 Å². The molecule has 0 spiro atoms. The fraction of sp³-hybridized carbons (Fsp3) is 0.676. The number of allylic oxidation sites excluding steroid dienone is 3. The summed E-state index contributed by atoms with van der Waals surface area (Å²) in [5.41, 5.74) is 3.98. The van der Waals surface area contributed by atoms with Crippen LogP contribution in [0.5, 0.6) is 5.75 Å². The van der Waals surface area contributed by atoms with Crippen LogP contribution in [0, 0.1) is 56.7 Å². The highest BCUT2D eigenvalue weighted by Gasteiger charge is 2.71. The minimum absolute atomic E-state index is 0.129. The van der Waals surface area contributed by atoms with Gasteiger partial charge in [0.1, 0.15) is 5.75 Å². The van der Waals surface area contributed by atoms with E-state index in [0.717, 1.165) is 29.4 Å². The molecule has 0 bridgehead atoms. The molecule has 3 heteroatoms. The normalized spacial score (nSPS) is 45.3. The van der Waals surface area contributed by atoms with E-state index in [0.29, 0.717) is 41.2 Å². The van der Waals surface area contributed by atoms with Gasteiger partial charge >= 0.3 is 0 Å². The molecule has 9 atom stereocenters. The van der Waals surface area contributed by atoms with Crippen molar-refractivity contribution in [2.45, 2.75) is 99.8 Å². The zero-order chi connectivity index (χ0) is 28.9. The zero-order valence-corrected chi connectivity index (χ0v) is 25.9. The Labute approximate surface area is 242 Å². The van der Waals surface area contributed by atoms with Crippen LogP contribution in [0.15, 0.2) is 42.5 Å². The van der Waals surface area contributed by atoms with E-state index in [1.807, 2.05) is 30.3 Å². The van der Waals surface area contributed by atoms with Crippen LogP contribution in [0.2, 0.25) is 0 Å². The van der Waals surface area contributed by atoms with Crippen LogP contribution in [0.4, 0.5) is 0 Å². The molecular formula is C37H50O3. The first kappa shape index (κ1) is 28.0. The number of benzene rings is 1. The van der Waals surface area contributed by atoms with Gasteiger partial charge in [0, 0.05) is 5.41 Å². The summed E-state index contributed by atoms with van der Waals surface area (Å²) in [4.78, 5) is 25.3. The van der Waals surface area contributed by atoms with Gasteiger partial charge in [-0.25, -0.2) is 0 Å². The number of fused-ring (bicyclic) bond motifs is 7. The fourth-order valence-electron chi connectivity index (χ4n) is 12.1. The van der Waals surface area contributed by atoms with Crippen molar-refractivity contribution < 1.29 is 14.3 Å². The van der Waals surface area contributed by atoms with Crippen LogP contribution >= 0.6 is 0 Å². The minimum atomic E-state index is -0.348. The molecule has 40 heavy (non-hydrogen) atoms. The van der Waals surface area contributed by atoms with Crippen molar-refractivity contribution in [1.29, 1.82) is 0 Å². The van der Waals surface area contributed by atoms with Gasteiger partial charge in [0.25, 0.3) is 6.47 Å². The summed E-state index contributed by atoms with van der Waals surface area (Å²) in [5.74, 6) is 3.69. The average molecular weight is 543 g/mol. The van der Waals surface area contributed by atoms with E-state index in [1.165, 1.54) is 50.5 Å². The van der Waals surface area contributed by atoms with E-state index in [1.54, 1.807) is 0 Å². The first-order chi connectivity index (χ1) is 18.7. The molecule has 0 saturated heterocycles. The molecule has 4 saturated carbocycles. The molecule has 0 radical (unpaired) electrons. The maximum absolute atomic E-state index is 14.5. The Kier molecular flexibility index (Phi) is 6.24. The highest BCUT2D eigenvalue weighted by Crippen LogP contribution is 2.77. The second kappa shape index (κ2) is 8.92. The summed E-state index contributed by atoms with van der Waals surface area (Å²) >= 11 is 0. The van der Waals surface area contributed by atoms with Gasteiger partial charge in [-0.3, -0.25) is 9.59 Å². The summed E-state index contributed by atoms with van der Waals surface area (Å²) in [7, 11) is 0. The van der Waals surface area contributed by atoms with E-state index in [9.17, 15) is 9.59 Å². The Hall–Kier alpha value is -2.16. The van der Waals surface area contributed by atoms with Crippen LogP contribution in [-0.4, -0.2) is 12.3 Å². The van der Waals surface area contributed by atoms with Gasteiger partial charge in [0.05, 0.1) is 0 Å². The van der Waals surface area contributed by atoms with Crippen molar-refractivity contribution in [2.24, 2.45) is 56.7 Å². The number of carbonyl (C=O) groups is 2. The summed E-state index contributed by atoms with van der Waals surface area (Å²) in [6.45, 7) is 22.1. The van der Waals surface area contributed by atoms with Crippen molar-refractivity contribution in [1.82, 2.24) is 0 Å². The van der Waals surface area contributed by atoms with Crippen molar-refractivity contribution in [3.8, 4) is 5.75 Å². The number of rotatable bonds is 4. The Bertz CT molecular complexity index is 1270. The molecule has 1 aromatic carbocycles. The third-order valence-electron chi connectivity index (χ3n) is 14.3. The largest absolute Gasteiger partial charge is 0.429 e. The van der Waals surface area contributed by atoms with E-state index in [2.05, 4.69) is 55.0 Å². The topological polar surface area (TPSA) is 43.4 Å². The molecule has 3 nitrogen and oxygen atoms in total. The molecule has 0 N–H and O–H groups in total. The maximum atomic E-state index is 14.5. The van der Waals surface area contributed by atoms with E-state index in [4.69, 9.17) is 4.74 Å². The Morgan fingerprint density at radius 3 is 2.23 bits per heavy atom. The molecule has 0 aromatic heterocycles. The maximum Gasteiger partial charge on any atom is 0.298 e. The number of ether oxygens (including phenoxy) is 1. The van der Waals surface area contributed by atoms with Gasteiger partial charge in [-0.05, 0) is 139 Å². The lowest BCUT2D eigenvalue weighted by molar-refractivity contribution is -0.220. The third-order valence-corrected chi connectivity index (χ3v) is 14.3. The van der Waals surface area contributed by atoms with Gasteiger partial charge in [-0.15, -0.1) is 0 Å². The van der Waals surface area contributed by atoms with Crippen LogP contribution < -0.4 is 4.74 Å². The summed E-state index contributed by atoms with van der Waals surface area (Å²) in [6.07, 6.45) is 12.0. The number of ketones is 1. The number of carbonyl (C=O) groups excluding carboxylic acids is 2. The molecule has 0 unspecified atom stereocenters. The lowest BCUT2D eigenvalue weighted by Gasteiger charge is -2.71. The Balaban J connectivity index is 1.39. The first-order valence-corrected chi connectivity index (χ1v) is 15.9. The molecule has 4 fully saturated rings. The lowest BCUT2D eigenvalue weighted by Crippen LogP contribution is -2.66. The summed E-state index contributed by atoms with van der Waals surface area (Å²) in [6, 6.07) is 7.66. The molecule has 6 rings (SSSR count). The van der Waals surface area contributed by atoms with Crippen molar-refractivity contribution in [3.63, 3.8) is 0 Å². The molecule has 5 aliphatic rings. The van der Waals surface area contributed by atoms with Crippen LogP contribution in [0.25, 0.3) is 5.57 Å². The molecule has 1 aromatic rings. The van der Waals surface area contributed by atoms with E-state index >= 15 is 0 Å². The average Bonchev–Trinajstić information content (AvgIpc) is 3.25. The monoisotopic (exact) mass is 542 g/mol. The highest BCUT2D eigenvalue weighted by molar-refractivity contribution is 6.04. The van der Waals surface area contributed by atoms with Crippen molar-refractivity contribution in [3.05, 3.63) is 48.1 Å². The molecule has 0 aliphatic heterocycles. The van der Waals surface area contributed by atoms with Crippen LogP contribution in [0.3, 0.4) is 0 Å². The van der Waals surface area contributed by atoms with E-state index in [-0.39, 0.29) is 21.7 Å². The van der Waals surface area contributed by atoms with E-state index < -0.39 is 0 Å². The smallest absolute Gasteiger partial charge is 0.298 e. The molecule has 5 aliphatic carbocycles. The third kappa shape index (κ3) is 3.48. The zero-order valence-electron chi connectivity index (χ0n) is 25.9. The summed E-state index contributed by atoms with van der Waals surface area (Å²) < 4.78 is 5.03. The van der Waals surface area contributed by atoms with Crippen LogP contribution in [-0.2, 0) is 9.59 Å². The molecule has 0 heterocycles. The van der Waals surface area contributed by atoms with Gasteiger partial charge in [-0.2, -0.15) is 0 Å². The summed E-state index contributed by atoms with van der Waals surface area (Å²) in [5, 5.41) is 0.